The maximum atomic E-state index is 11.7. The van der Waals surface area contributed by atoms with Crippen molar-refractivity contribution in [2.45, 2.75) is 24.9 Å². The van der Waals surface area contributed by atoms with Gasteiger partial charge in [-0.05, 0) is 24.0 Å². The summed E-state index contributed by atoms with van der Waals surface area (Å²) in [4.78, 5) is 2.27. The van der Waals surface area contributed by atoms with Crippen LogP contribution in [0.2, 0.25) is 0 Å². The molecule has 1 aromatic carbocycles. The largest absolute Gasteiger partial charge is 0.325 e. The molecule has 0 spiro atoms. The number of fused-ring (bicyclic) bond motifs is 1. The van der Waals surface area contributed by atoms with E-state index in [9.17, 15) is 8.42 Å². The molecule has 0 aliphatic carbocycles. The minimum absolute atomic E-state index is 0.000637. The number of benzene rings is 1. The zero-order valence-electron chi connectivity index (χ0n) is 11.0. The zero-order chi connectivity index (χ0) is 13.5. The molecule has 0 radical (unpaired) electrons. The van der Waals surface area contributed by atoms with E-state index in [-0.39, 0.29) is 23.6 Å². The van der Waals surface area contributed by atoms with Crippen molar-refractivity contribution >= 4 is 9.84 Å². The molecule has 2 unspecified atom stereocenters. The summed E-state index contributed by atoms with van der Waals surface area (Å²) in [5, 5.41) is 0. The molecule has 1 saturated heterocycles. The lowest BCUT2D eigenvalue weighted by Gasteiger charge is -2.29. The van der Waals surface area contributed by atoms with E-state index in [1.807, 2.05) is 0 Å². The van der Waals surface area contributed by atoms with Crippen molar-refractivity contribution in [3.63, 3.8) is 0 Å². The predicted molar refractivity (Wildman–Crippen MR) is 75.8 cm³/mol. The first-order valence-electron chi connectivity index (χ1n) is 6.82. The van der Waals surface area contributed by atoms with Crippen LogP contribution in [0.4, 0.5) is 0 Å². The van der Waals surface area contributed by atoms with Gasteiger partial charge in [-0.1, -0.05) is 24.3 Å². The lowest BCUT2D eigenvalue weighted by Crippen LogP contribution is -2.48. The number of hydrogen-bond donors (Lipinski definition) is 1. The van der Waals surface area contributed by atoms with E-state index < -0.39 is 9.84 Å². The first kappa shape index (κ1) is 13.1. The second-order valence-electron chi connectivity index (χ2n) is 5.61. The smallest absolute Gasteiger partial charge is 0.153 e. The Labute approximate surface area is 114 Å². The van der Waals surface area contributed by atoms with Gasteiger partial charge in [0.2, 0.25) is 0 Å². The average molecular weight is 280 g/mol. The molecule has 0 saturated carbocycles. The Morgan fingerprint density at radius 2 is 1.63 bits per heavy atom. The van der Waals surface area contributed by atoms with Crippen LogP contribution < -0.4 is 5.73 Å². The second-order valence-corrected chi connectivity index (χ2v) is 7.77. The Kier molecular flexibility index (Phi) is 3.37. The van der Waals surface area contributed by atoms with Crippen LogP contribution >= 0.6 is 0 Å². The van der Waals surface area contributed by atoms with Gasteiger partial charge < -0.3 is 5.73 Å². The van der Waals surface area contributed by atoms with Gasteiger partial charge in [0.05, 0.1) is 11.5 Å². The van der Waals surface area contributed by atoms with Crippen molar-refractivity contribution in [3.8, 4) is 0 Å². The fourth-order valence-electron chi connectivity index (χ4n) is 3.25. The van der Waals surface area contributed by atoms with Crippen LogP contribution in [0.25, 0.3) is 0 Å². The van der Waals surface area contributed by atoms with E-state index >= 15 is 0 Å². The minimum Gasteiger partial charge on any atom is -0.325 e. The zero-order valence-corrected chi connectivity index (χ0v) is 11.8. The van der Waals surface area contributed by atoms with Crippen LogP contribution in [0.1, 0.15) is 11.1 Å². The second kappa shape index (κ2) is 4.89. The summed E-state index contributed by atoms with van der Waals surface area (Å²) in [6.07, 6.45) is 1.97. The third kappa shape index (κ3) is 2.68. The monoisotopic (exact) mass is 280 g/mol. The summed E-state index contributed by atoms with van der Waals surface area (Å²) in [5.74, 6) is 0.367. The van der Waals surface area contributed by atoms with Crippen LogP contribution in [0, 0.1) is 0 Å². The molecule has 5 heteroatoms. The average Bonchev–Trinajstić information content (AvgIpc) is 2.55. The molecule has 2 N–H and O–H groups in total. The van der Waals surface area contributed by atoms with E-state index in [1.165, 1.54) is 11.1 Å². The SMILES string of the molecule is NC1CS(=O)(=O)CC1N1CCc2ccccc2CC1. The van der Waals surface area contributed by atoms with Gasteiger partial charge in [0.15, 0.2) is 9.84 Å². The Hall–Kier alpha value is -0.910. The quantitative estimate of drug-likeness (QED) is 0.799. The number of nitrogens with two attached hydrogens (primary N) is 1. The molecule has 2 heterocycles. The highest BCUT2D eigenvalue weighted by Crippen LogP contribution is 2.22. The normalized spacial score (nSPS) is 30.8. The van der Waals surface area contributed by atoms with Crippen molar-refractivity contribution < 1.29 is 8.42 Å². The summed E-state index contributed by atoms with van der Waals surface area (Å²) >= 11 is 0. The molecule has 3 rings (SSSR count). The molecule has 0 aromatic heterocycles. The molecule has 4 nitrogen and oxygen atoms in total. The van der Waals surface area contributed by atoms with E-state index in [2.05, 4.69) is 29.2 Å². The summed E-state index contributed by atoms with van der Waals surface area (Å²) in [6.45, 7) is 1.82. The van der Waals surface area contributed by atoms with Crippen LogP contribution in [0.5, 0.6) is 0 Å². The molecule has 2 aliphatic heterocycles. The molecule has 0 bridgehead atoms. The van der Waals surface area contributed by atoms with Gasteiger partial charge in [-0.25, -0.2) is 8.42 Å². The summed E-state index contributed by atoms with van der Waals surface area (Å²) < 4.78 is 23.4. The van der Waals surface area contributed by atoms with Crippen molar-refractivity contribution in [1.82, 2.24) is 4.90 Å². The van der Waals surface area contributed by atoms with Gasteiger partial charge in [-0.15, -0.1) is 0 Å². The Morgan fingerprint density at radius 3 is 2.11 bits per heavy atom. The molecular formula is C14H20N2O2S. The Bertz CT molecular complexity index is 544. The minimum atomic E-state index is -2.94. The summed E-state index contributed by atoms with van der Waals surface area (Å²) in [6, 6.07) is 8.25. The standard InChI is InChI=1S/C14H20N2O2S/c15-13-9-19(17,18)10-14(13)16-7-5-11-3-1-2-4-12(11)6-8-16/h1-4,13-14H,5-10,15H2. The van der Waals surface area contributed by atoms with E-state index in [1.54, 1.807) is 0 Å². The topological polar surface area (TPSA) is 63.4 Å². The maximum absolute atomic E-state index is 11.7. The number of rotatable bonds is 1. The van der Waals surface area contributed by atoms with Crippen LogP contribution in [-0.4, -0.2) is 50.0 Å². The lowest BCUT2D eigenvalue weighted by molar-refractivity contribution is 0.208. The molecule has 2 aliphatic rings. The molecule has 2 atom stereocenters. The molecule has 19 heavy (non-hydrogen) atoms. The van der Waals surface area contributed by atoms with Gasteiger partial charge >= 0.3 is 0 Å². The van der Waals surface area contributed by atoms with E-state index in [0.717, 1.165) is 25.9 Å². The van der Waals surface area contributed by atoms with E-state index in [4.69, 9.17) is 5.73 Å². The molecule has 0 amide bonds. The Morgan fingerprint density at radius 1 is 1.05 bits per heavy atom. The highest BCUT2D eigenvalue weighted by Gasteiger charge is 2.38. The molecule has 1 aromatic rings. The van der Waals surface area contributed by atoms with Crippen LogP contribution in [0.15, 0.2) is 24.3 Å². The van der Waals surface area contributed by atoms with Gasteiger partial charge in [0.1, 0.15) is 0 Å². The van der Waals surface area contributed by atoms with Gasteiger partial charge in [-0.3, -0.25) is 4.90 Å². The van der Waals surface area contributed by atoms with Crippen molar-refractivity contribution in [1.29, 1.82) is 0 Å². The number of sulfone groups is 1. The lowest BCUT2D eigenvalue weighted by atomic mass is 10.0. The van der Waals surface area contributed by atoms with Crippen LogP contribution in [-0.2, 0) is 22.7 Å². The van der Waals surface area contributed by atoms with Crippen molar-refractivity contribution in [3.05, 3.63) is 35.4 Å². The van der Waals surface area contributed by atoms with Gasteiger partial charge in [-0.2, -0.15) is 0 Å². The van der Waals surface area contributed by atoms with Crippen molar-refractivity contribution in [2.75, 3.05) is 24.6 Å². The summed E-state index contributed by atoms with van der Waals surface area (Å²) in [7, 11) is -2.94. The first-order chi connectivity index (χ1) is 9.05. The predicted octanol–water partition coefficient (Wildman–Crippen LogP) is 0.212. The number of nitrogens with zero attached hydrogens (tertiary/aromatic N) is 1. The van der Waals surface area contributed by atoms with Crippen molar-refractivity contribution in [2.24, 2.45) is 5.73 Å². The fourth-order valence-corrected chi connectivity index (χ4v) is 5.17. The molecule has 104 valence electrons. The van der Waals surface area contributed by atoms with Crippen LogP contribution in [0.3, 0.4) is 0 Å². The third-order valence-electron chi connectivity index (χ3n) is 4.29. The fraction of sp³-hybridized carbons (Fsp3) is 0.571. The maximum Gasteiger partial charge on any atom is 0.153 e. The highest BCUT2D eigenvalue weighted by molar-refractivity contribution is 7.91. The first-order valence-corrected chi connectivity index (χ1v) is 8.64. The summed E-state index contributed by atoms with van der Waals surface area (Å²) in [5.41, 5.74) is 8.80. The molecule has 1 fully saturated rings. The third-order valence-corrected chi connectivity index (χ3v) is 6.03. The Balaban J connectivity index is 1.76. The number of hydrogen-bond acceptors (Lipinski definition) is 4. The highest BCUT2D eigenvalue weighted by atomic mass is 32.2. The van der Waals surface area contributed by atoms with E-state index in [0.29, 0.717) is 0 Å². The van der Waals surface area contributed by atoms with Gasteiger partial charge in [0, 0.05) is 25.2 Å². The van der Waals surface area contributed by atoms with Gasteiger partial charge in [0.25, 0.3) is 0 Å². The molecular weight excluding hydrogens is 260 g/mol.